The van der Waals surface area contributed by atoms with Crippen LogP contribution in [0, 0.1) is 0 Å². The zero-order chi connectivity index (χ0) is 8.65. The molecule has 0 aliphatic carbocycles. The minimum Gasteiger partial charge on any atom is -0.295 e. The van der Waals surface area contributed by atoms with E-state index in [-0.39, 0.29) is 0 Å². The molecule has 12 heavy (non-hydrogen) atoms. The third kappa shape index (κ3) is 3.88. The smallest absolute Gasteiger partial charge is 0.0866 e. The molecule has 0 amide bonds. The van der Waals surface area contributed by atoms with Crippen molar-refractivity contribution in [2.45, 2.75) is 32.6 Å². The second kappa shape index (κ2) is 6.21. The largest absolute Gasteiger partial charge is 0.295 e. The maximum atomic E-state index is 5.55. The molecule has 0 spiro atoms. The SMILES string of the molecule is C/C=C/CON1CCCCCC1. The predicted molar refractivity (Wildman–Crippen MR) is 50.8 cm³/mol. The van der Waals surface area contributed by atoms with Crippen LogP contribution in [0.5, 0.6) is 0 Å². The number of hydrogen-bond acceptors (Lipinski definition) is 2. The molecule has 1 aliphatic heterocycles. The number of nitrogens with zero attached hydrogens (tertiary/aromatic N) is 1. The zero-order valence-electron chi connectivity index (χ0n) is 7.96. The average Bonchev–Trinajstić information content (AvgIpc) is 2.33. The molecular formula is C10H19NO. The highest BCUT2D eigenvalue weighted by Crippen LogP contribution is 2.09. The van der Waals surface area contributed by atoms with Crippen LogP contribution in [0.1, 0.15) is 32.6 Å². The van der Waals surface area contributed by atoms with Crippen molar-refractivity contribution in [1.29, 1.82) is 0 Å². The van der Waals surface area contributed by atoms with Crippen LogP contribution >= 0.6 is 0 Å². The van der Waals surface area contributed by atoms with Gasteiger partial charge in [0.25, 0.3) is 0 Å². The molecule has 0 N–H and O–H groups in total. The molecule has 0 aromatic carbocycles. The Bertz CT molecular complexity index is 126. The van der Waals surface area contributed by atoms with Gasteiger partial charge in [0.15, 0.2) is 0 Å². The van der Waals surface area contributed by atoms with Gasteiger partial charge in [-0.25, -0.2) is 0 Å². The molecule has 1 saturated heterocycles. The Balaban J connectivity index is 2.11. The normalized spacial score (nSPS) is 21.4. The lowest BCUT2D eigenvalue weighted by Gasteiger charge is -2.17. The Labute approximate surface area is 75.2 Å². The molecule has 0 saturated carbocycles. The highest BCUT2D eigenvalue weighted by Gasteiger charge is 2.07. The number of allylic oxidation sites excluding steroid dienone is 1. The Morgan fingerprint density at radius 3 is 2.42 bits per heavy atom. The van der Waals surface area contributed by atoms with Gasteiger partial charge in [0.1, 0.15) is 0 Å². The summed E-state index contributed by atoms with van der Waals surface area (Å²) < 4.78 is 0. The molecule has 1 fully saturated rings. The van der Waals surface area contributed by atoms with Gasteiger partial charge in [-0.1, -0.05) is 25.0 Å². The molecule has 70 valence electrons. The lowest BCUT2D eigenvalue weighted by molar-refractivity contribution is -0.145. The molecule has 1 heterocycles. The van der Waals surface area contributed by atoms with E-state index in [0.29, 0.717) is 0 Å². The summed E-state index contributed by atoms with van der Waals surface area (Å²) in [5, 5.41) is 2.10. The Morgan fingerprint density at radius 2 is 1.83 bits per heavy atom. The van der Waals surface area contributed by atoms with Crippen molar-refractivity contribution >= 4 is 0 Å². The second-order valence-corrected chi connectivity index (χ2v) is 3.21. The molecule has 0 radical (unpaired) electrons. The molecule has 0 aromatic rings. The number of hydrogen-bond donors (Lipinski definition) is 0. The lowest BCUT2D eigenvalue weighted by atomic mass is 10.2. The zero-order valence-corrected chi connectivity index (χ0v) is 7.96. The van der Waals surface area contributed by atoms with E-state index in [1.165, 1.54) is 25.7 Å². The monoisotopic (exact) mass is 169 g/mol. The van der Waals surface area contributed by atoms with Gasteiger partial charge in [0.2, 0.25) is 0 Å². The van der Waals surface area contributed by atoms with Crippen molar-refractivity contribution in [3.8, 4) is 0 Å². The first-order chi connectivity index (χ1) is 5.93. The van der Waals surface area contributed by atoms with Crippen LogP contribution < -0.4 is 0 Å². The molecule has 1 aliphatic rings. The summed E-state index contributed by atoms with van der Waals surface area (Å²) in [5.74, 6) is 0. The Kier molecular flexibility index (Phi) is 5.04. The molecule has 0 atom stereocenters. The summed E-state index contributed by atoms with van der Waals surface area (Å²) in [4.78, 5) is 5.55. The van der Waals surface area contributed by atoms with E-state index in [9.17, 15) is 0 Å². The molecule has 2 nitrogen and oxygen atoms in total. The van der Waals surface area contributed by atoms with Gasteiger partial charge >= 0.3 is 0 Å². The first-order valence-corrected chi connectivity index (χ1v) is 4.92. The van der Waals surface area contributed by atoms with Gasteiger partial charge < -0.3 is 0 Å². The second-order valence-electron chi connectivity index (χ2n) is 3.21. The van der Waals surface area contributed by atoms with Crippen molar-refractivity contribution in [2.24, 2.45) is 0 Å². The van der Waals surface area contributed by atoms with Gasteiger partial charge in [-0.3, -0.25) is 4.84 Å². The molecule has 1 rings (SSSR count). The van der Waals surface area contributed by atoms with Gasteiger partial charge in [0, 0.05) is 13.1 Å². The van der Waals surface area contributed by atoms with Crippen molar-refractivity contribution in [3.63, 3.8) is 0 Å². The quantitative estimate of drug-likeness (QED) is 0.601. The first kappa shape index (κ1) is 9.75. The lowest BCUT2D eigenvalue weighted by Crippen LogP contribution is -2.24. The molecular weight excluding hydrogens is 150 g/mol. The number of hydroxylamine groups is 2. The van der Waals surface area contributed by atoms with Crippen molar-refractivity contribution < 1.29 is 4.84 Å². The Hall–Kier alpha value is -0.340. The van der Waals surface area contributed by atoms with Gasteiger partial charge in [-0.2, -0.15) is 5.06 Å². The number of rotatable bonds is 3. The van der Waals surface area contributed by atoms with Gasteiger partial charge in [-0.15, -0.1) is 0 Å². The summed E-state index contributed by atoms with van der Waals surface area (Å²) in [6.45, 7) is 4.97. The summed E-state index contributed by atoms with van der Waals surface area (Å²) in [5.41, 5.74) is 0. The summed E-state index contributed by atoms with van der Waals surface area (Å²) in [6, 6.07) is 0. The fraction of sp³-hybridized carbons (Fsp3) is 0.800. The standard InChI is InChI=1S/C10H19NO/c1-2-3-10-12-11-8-6-4-5-7-9-11/h2-3H,4-10H2,1H3/b3-2+. The van der Waals surface area contributed by atoms with E-state index < -0.39 is 0 Å². The molecule has 0 aromatic heterocycles. The highest BCUT2D eigenvalue weighted by atomic mass is 16.7. The first-order valence-electron chi connectivity index (χ1n) is 4.92. The van der Waals surface area contributed by atoms with Gasteiger partial charge in [0.05, 0.1) is 6.61 Å². The van der Waals surface area contributed by atoms with Crippen LogP contribution in [0.25, 0.3) is 0 Å². The van der Waals surface area contributed by atoms with Gasteiger partial charge in [-0.05, 0) is 19.8 Å². The maximum Gasteiger partial charge on any atom is 0.0866 e. The summed E-state index contributed by atoms with van der Waals surface area (Å²) >= 11 is 0. The van der Waals surface area contributed by atoms with Crippen molar-refractivity contribution in [3.05, 3.63) is 12.2 Å². The van der Waals surface area contributed by atoms with E-state index in [1.807, 2.05) is 19.1 Å². The average molecular weight is 169 g/mol. The van der Waals surface area contributed by atoms with Crippen LogP contribution in [0.3, 0.4) is 0 Å². The van der Waals surface area contributed by atoms with Crippen LogP contribution in [0.4, 0.5) is 0 Å². The fourth-order valence-corrected chi connectivity index (χ4v) is 1.42. The van der Waals surface area contributed by atoms with Crippen LogP contribution in [0.2, 0.25) is 0 Å². The van der Waals surface area contributed by atoms with Crippen LogP contribution in [0.15, 0.2) is 12.2 Å². The van der Waals surface area contributed by atoms with E-state index in [4.69, 9.17) is 4.84 Å². The third-order valence-corrected chi connectivity index (χ3v) is 2.15. The van der Waals surface area contributed by atoms with E-state index in [1.54, 1.807) is 0 Å². The minimum absolute atomic E-state index is 0.733. The molecule has 2 heteroatoms. The van der Waals surface area contributed by atoms with Crippen molar-refractivity contribution in [1.82, 2.24) is 5.06 Å². The third-order valence-electron chi connectivity index (χ3n) is 2.15. The predicted octanol–water partition coefficient (Wildman–Crippen LogP) is 2.37. The summed E-state index contributed by atoms with van der Waals surface area (Å²) in [7, 11) is 0. The van der Waals surface area contributed by atoms with Crippen molar-refractivity contribution in [2.75, 3.05) is 19.7 Å². The van der Waals surface area contributed by atoms with E-state index >= 15 is 0 Å². The molecule has 0 bridgehead atoms. The van der Waals surface area contributed by atoms with E-state index in [2.05, 4.69) is 5.06 Å². The minimum atomic E-state index is 0.733. The Morgan fingerprint density at radius 1 is 1.17 bits per heavy atom. The highest BCUT2D eigenvalue weighted by molar-refractivity contribution is 4.75. The fourth-order valence-electron chi connectivity index (χ4n) is 1.42. The van der Waals surface area contributed by atoms with Crippen LogP contribution in [-0.4, -0.2) is 24.8 Å². The maximum absolute atomic E-state index is 5.55. The molecule has 0 unspecified atom stereocenters. The van der Waals surface area contributed by atoms with E-state index in [0.717, 1.165) is 19.7 Å². The topological polar surface area (TPSA) is 12.5 Å². The van der Waals surface area contributed by atoms with Crippen LogP contribution in [-0.2, 0) is 4.84 Å². The summed E-state index contributed by atoms with van der Waals surface area (Å²) in [6.07, 6.45) is 9.38.